The van der Waals surface area contributed by atoms with Gasteiger partial charge >= 0.3 is 0 Å². The number of hydrogen-bond acceptors (Lipinski definition) is 3. The highest BCUT2D eigenvalue weighted by atomic mass is 32.1. The highest BCUT2D eigenvalue weighted by Crippen LogP contribution is 2.51. The highest BCUT2D eigenvalue weighted by Gasteiger charge is 2.24. The van der Waals surface area contributed by atoms with Crippen LogP contribution in [0.5, 0.6) is 0 Å². The molecule has 0 fully saturated rings. The van der Waals surface area contributed by atoms with Gasteiger partial charge in [-0.25, -0.2) is 0 Å². The van der Waals surface area contributed by atoms with E-state index in [1.54, 1.807) is 0 Å². The first-order valence-electron chi connectivity index (χ1n) is 18.7. The molecule has 0 saturated heterocycles. The van der Waals surface area contributed by atoms with Crippen molar-refractivity contribution in [1.29, 1.82) is 0 Å². The molecule has 0 N–H and O–H groups in total. The Kier molecular flexibility index (Phi) is 7.61. The molecule has 258 valence electrons. The maximum Gasteiger partial charge on any atom is 0.0640 e. The summed E-state index contributed by atoms with van der Waals surface area (Å²) in [6.45, 7) is 0. The van der Waals surface area contributed by atoms with E-state index in [-0.39, 0.29) is 0 Å². The summed E-state index contributed by atoms with van der Waals surface area (Å²) in [5.74, 6) is 0. The fourth-order valence-electron chi connectivity index (χ4n) is 8.25. The normalized spacial score (nSPS) is 11.6. The minimum absolute atomic E-state index is 1.13. The quantitative estimate of drug-likeness (QED) is 0.164. The maximum atomic E-state index is 2.51. The summed E-state index contributed by atoms with van der Waals surface area (Å²) in [6.07, 6.45) is 0. The molecule has 0 saturated carbocycles. The Morgan fingerprint density at radius 3 is 1.73 bits per heavy atom. The zero-order chi connectivity index (χ0) is 36.3. The van der Waals surface area contributed by atoms with Gasteiger partial charge in [0.15, 0.2) is 0 Å². The number of nitrogens with zero attached hydrogens (tertiary/aromatic N) is 1. The van der Waals surface area contributed by atoms with Crippen LogP contribution in [-0.4, -0.2) is 0 Å². The average Bonchev–Trinajstić information content (AvgIpc) is 3.84. The van der Waals surface area contributed by atoms with Gasteiger partial charge in [-0.15, -0.1) is 22.7 Å². The van der Waals surface area contributed by atoms with Gasteiger partial charge in [0.2, 0.25) is 0 Å². The van der Waals surface area contributed by atoms with Crippen molar-refractivity contribution in [1.82, 2.24) is 0 Å². The van der Waals surface area contributed by atoms with Gasteiger partial charge in [0.25, 0.3) is 0 Å². The van der Waals surface area contributed by atoms with Gasteiger partial charge in [-0.2, -0.15) is 0 Å². The summed E-state index contributed by atoms with van der Waals surface area (Å²) >= 11 is 3.79. The van der Waals surface area contributed by atoms with E-state index >= 15 is 0 Å². The van der Waals surface area contributed by atoms with Gasteiger partial charge in [-0.1, -0.05) is 164 Å². The number of benzene rings is 9. The lowest BCUT2D eigenvalue weighted by Crippen LogP contribution is -2.10. The molecule has 0 amide bonds. The Bertz CT molecular complexity index is 3190. The summed E-state index contributed by atoms with van der Waals surface area (Å²) < 4.78 is 5.19. The van der Waals surface area contributed by atoms with Crippen molar-refractivity contribution in [3.63, 3.8) is 0 Å². The predicted octanol–water partition coefficient (Wildman–Crippen LogP) is 16.0. The van der Waals surface area contributed by atoms with Crippen LogP contribution in [0.25, 0.3) is 84.5 Å². The van der Waals surface area contributed by atoms with Crippen LogP contribution in [0.2, 0.25) is 0 Å². The second-order valence-corrected chi connectivity index (χ2v) is 16.1. The summed E-state index contributed by atoms with van der Waals surface area (Å²) in [7, 11) is 0. The second-order valence-electron chi connectivity index (χ2n) is 14.0. The summed E-state index contributed by atoms with van der Waals surface area (Å²) in [5, 5.41) is 7.64. The number of hydrogen-bond donors (Lipinski definition) is 0. The molecular weight excluding hydrogens is 703 g/mol. The molecule has 0 spiro atoms. The van der Waals surface area contributed by atoms with Crippen molar-refractivity contribution >= 4 is 90.9 Å². The lowest BCUT2D eigenvalue weighted by Gasteiger charge is -2.28. The van der Waals surface area contributed by atoms with Gasteiger partial charge in [0, 0.05) is 41.3 Å². The first-order chi connectivity index (χ1) is 27.3. The molecular formula is C52H33NS2. The van der Waals surface area contributed by atoms with Crippen LogP contribution >= 0.6 is 22.7 Å². The van der Waals surface area contributed by atoms with E-state index in [1.165, 1.54) is 95.9 Å². The monoisotopic (exact) mass is 735 g/mol. The van der Waals surface area contributed by atoms with E-state index in [9.17, 15) is 0 Å². The Morgan fingerprint density at radius 1 is 0.327 bits per heavy atom. The molecule has 0 aliphatic carbocycles. The van der Waals surface area contributed by atoms with E-state index in [4.69, 9.17) is 0 Å². The minimum Gasteiger partial charge on any atom is -0.308 e. The molecule has 0 radical (unpaired) electrons. The van der Waals surface area contributed by atoms with Crippen molar-refractivity contribution in [3.05, 3.63) is 200 Å². The third-order valence-electron chi connectivity index (χ3n) is 10.9. The van der Waals surface area contributed by atoms with Crippen LogP contribution < -0.4 is 4.90 Å². The first kappa shape index (κ1) is 32.0. The highest BCUT2D eigenvalue weighted by molar-refractivity contribution is 7.27. The van der Waals surface area contributed by atoms with Crippen LogP contribution in [0, 0.1) is 0 Å². The SMILES string of the molecule is c1ccc(-c2cccc3c2sc2c(N(c4ccc(-c5ccc6ccccc6c5)cc4)c4ccc(-c5ccccc5)c5sc6ccccc6c45)cccc23)cc1. The van der Waals surface area contributed by atoms with Crippen LogP contribution in [-0.2, 0) is 0 Å². The third-order valence-corrected chi connectivity index (χ3v) is 13.3. The van der Waals surface area contributed by atoms with E-state index in [0.29, 0.717) is 0 Å². The average molecular weight is 736 g/mol. The van der Waals surface area contributed by atoms with Crippen molar-refractivity contribution in [2.45, 2.75) is 0 Å². The fourth-order valence-corrected chi connectivity index (χ4v) is 10.8. The lowest BCUT2D eigenvalue weighted by molar-refractivity contribution is 1.32. The van der Waals surface area contributed by atoms with Gasteiger partial charge in [-0.3, -0.25) is 0 Å². The molecule has 55 heavy (non-hydrogen) atoms. The zero-order valence-electron chi connectivity index (χ0n) is 29.8. The molecule has 2 aromatic heterocycles. The molecule has 1 nitrogen and oxygen atoms in total. The van der Waals surface area contributed by atoms with Crippen LogP contribution in [0.4, 0.5) is 17.1 Å². The number of rotatable bonds is 6. The zero-order valence-corrected chi connectivity index (χ0v) is 31.4. The molecule has 3 heteroatoms. The van der Waals surface area contributed by atoms with Gasteiger partial charge in [-0.05, 0) is 80.6 Å². The molecule has 0 aliphatic rings. The molecule has 11 rings (SSSR count). The van der Waals surface area contributed by atoms with Crippen LogP contribution in [0.1, 0.15) is 0 Å². The van der Waals surface area contributed by atoms with Crippen molar-refractivity contribution < 1.29 is 0 Å². The van der Waals surface area contributed by atoms with Crippen molar-refractivity contribution in [2.75, 3.05) is 4.90 Å². The molecule has 11 aromatic rings. The summed E-state index contributed by atoms with van der Waals surface area (Å²) in [6, 6.07) is 73.3. The van der Waals surface area contributed by atoms with Crippen LogP contribution in [0.15, 0.2) is 200 Å². The maximum absolute atomic E-state index is 2.51. The Balaban J connectivity index is 1.17. The first-order valence-corrected chi connectivity index (χ1v) is 20.3. The Labute approximate surface area is 327 Å². The smallest absolute Gasteiger partial charge is 0.0640 e. The number of anilines is 3. The summed E-state index contributed by atoms with van der Waals surface area (Å²) in [5.41, 5.74) is 10.9. The van der Waals surface area contributed by atoms with E-state index < -0.39 is 0 Å². The summed E-state index contributed by atoms with van der Waals surface area (Å²) in [4.78, 5) is 2.51. The molecule has 2 heterocycles. The molecule has 0 atom stereocenters. The lowest BCUT2D eigenvalue weighted by atomic mass is 9.99. The molecule has 0 aliphatic heterocycles. The molecule has 9 aromatic carbocycles. The van der Waals surface area contributed by atoms with E-state index in [2.05, 4.69) is 205 Å². The van der Waals surface area contributed by atoms with Crippen molar-refractivity contribution in [2.24, 2.45) is 0 Å². The number of fused-ring (bicyclic) bond motifs is 7. The Morgan fingerprint density at radius 2 is 0.945 bits per heavy atom. The Hall–Kier alpha value is -6.52. The topological polar surface area (TPSA) is 3.24 Å². The third kappa shape index (κ3) is 5.35. The van der Waals surface area contributed by atoms with Crippen molar-refractivity contribution in [3.8, 4) is 33.4 Å². The number of thiophene rings is 2. The van der Waals surface area contributed by atoms with Gasteiger partial charge in [0.05, 0.1) is 16.1 Å². The predicted molar refractivity (Wildman–Crippen MR) is 241 cm³/mol. The minimum atomic E-state index is 1.13. The van der Waals surface area contributed by atoms with Gasteiger partial charge in [0.1, 0.15) is 0 Å². The standard InChI is InChI=1S/C52H33NS2/c1-3-14-36(15-4-1)41-20-11-21-43-44-22-12-23-47(51(44)55-50(41)43)53(40-29-27-35(28-30-40)39-26-25-34-13-7-8-18-38(34)33-39)46-32-31-42(37-16-5-2-6-17-37)52-49(46)45-19-9-10-24-48(45)54-52/h1-33H. The second kappa shape index (κ2) is 13.1. The largest absolute Gasteiger partial charge is 0.308 e. The molecule has 0 bridgehead atoms. The van der Waals surface area contributed by atoms with Crippen LogP contribution in [0.3, 0.4) is 0 Å². The van der Waals surface area contributed by atoms with Gasteiger partial charge < -0.3 is 4.90 Å². The fraction of sp³-hybridized carbons (Fsp3) is 0. The van der Waals surface area contributed by atoms with E-state index in [1.807, 2.05) is 22.7 Å². The molecule has 0 unspecified atom stereocenters. The van der Waals surface area contributed by atoms with E-state index in [0.717, 1.165) is 5.69 Å².